The molecule has 3 aromatic rings. The van der Waals surface area contributed by atoms with Crippen LogP contribution in [0.1, 0.15) is 23.3 Å². The van der Waals surface area contributed by atoms with Crippen LogP contribution in [-0.4, -0.2) is 59.1 Å². The molecular formula is C22H24N4O6. The van der Waals surface area contributed by atoms with E-state index in [1.165, 1.54) is 7.11 Å². The number of aromatic amines is 1. The van der Waals surface area contributed by atoms with Crippen molar-refractivity contribution < 1.29 is 28.9 Å². The summed E-state index contributed by atoms with van der Waals surface area (Å²) in [7, 11) is 1.50. The van der Waals surface area contributed by atoms with Gasteiger partial charge in [-0.1, -0.05) is 6.07 Å². The van der Waals surface area contributed by atoms with Crippen molar-refractivity contribution in [2.45, 2.75) is 12.8 Å². The number of nitrogens with one attached hydrogen (secondary N) is 2. The maximum Gasteiger partial charge on any atom is 0.305 e. The van der Waals surface area contributed by atoms with Crippen molar-refractivity contribution in [1.29, 1.82) is 0 Å². The van der Waals surface area contributed by atoms with E-state index in [1.807, 2.05) is 0 Å². The Balaban J connectivity index is 1.55. The van der Waals surface area contributed by atoms with E-state index in [1.54, 1.807) is 48.7 Å². The van der Waals surface area contributed by atoms with Crippen LogP contribution < -0.4 is 14.8 Å². The first-order valence-corrected chi connectivity index (χ1v) is 9.95. The lowest BCUT2D eigenvalue weighted by Crippen LogP contribution is -2.14. The number of hydrogen-bond acceptors (Lipinski definition) is 7. The van der Waals surface area contributed by atoms with Crippen LogP contribution in [0.3, 0.4) is 0 Å². The highest BCUT2D eigenvalue weighted by molar-refractivity contribution is 6.04. The molecule has 1 aromatic carbocycles. The lowest BCUT2D eigenvalue weighted by atomic mass is 10.2. The van der Waals surface area contributed by atoms with Crippen molar-refractivity contribution in [3.63, 3.8) is 0 Å². The molecular weight excluding hydrogens is 416 g/mol. The van der Waals surface area contributed by atoms with Crippen LogP contribution in [0, 0.1) is 0 Å². The van der Waals surface area contributed by atoms with Gasteiger partial charge in [0.2, 0.25) is 0 Å². The summed E-state index contributed by atoms with van der Waals surface area (Å²) in [6.07, 6.45) is 2.21. The highest BCUT2D eigenvalue weighted by Gasteiger charge is 2.13. The second-order valence-electron chi connectivity index (χ2n) is 6.65. The van der Waals surface area contributed by atoms with Crippen molar-refractivity contribution >= 4 is 17.6 Å². The van der Waals surface area contributed by atoms with Crippen LogP contribution in [0.25, 0.3) is 11.4 Å². The van der Waals surface area contributed by atoms with Gasteiger partial charge in [0, 0.05) is 25.3 Å². The first-order chi connectivity index (χ1) is 15.6. The SMILES string of the molecule is COc1cc(OCCCOCCC(=O)O)ccc1NC(=O)c1cccc(-c2ccn[nH]2)n1. The van der Waals surface area contributed by atoms with Gasteiger partial charge < -0.3 is 24.6 Å². The van der Waals surface area contributed by atoms with Gasteiger partial charge in [0.25, 0.3) is 5.91 Å². The summed E-state index contributed by atoms with van der Waals surface area (Å²) < 4.78 is 16.3. The Hall–Kier alpha value is -3.92. The number of nitrogens with zero attached hydrogens (tertiary/aromatic N) is 2. The predicted molar refractivity (Wildman–Crippen MR) is 116 cm³/mol. The molecule has 3 N–H and O–H groups in total. The monoisotopic (exact) mass is 440 g/mol. The maximum absolute atomic E-state index is 12.7. The zero-order chi connectivity index (χ0) is 22.8. The number of carbonyl (C=O) groups excluding carboxylic acids is 1. The zero-order valence-electron chi connectivity index (χ0n) is 17.5. The first kappa shape index (κ1) is 22.8. The second-order valence-corrected chi connectivity index (χ2v) is 6.65. The Bertz CT molecular complexity index is 1040. The molecule has 0 bridgehead atoms. The summed E-state index contributed by atoms with van der Waals surface area (Å²) in [5.41, 5.74) is 2.06. The summed E-state index contributed by atoms with van der Waals surface area (Å²) in [6.45, 7) is 0.979. The highest BCUT2D eigenvalue weighted by atomic mass is 16.5. The number of amides is 1. The lowest BCUT2D eigenvalue weighted by molar-refractivity contribution is -0.138. The average Bonchev–Trinajstić information content (AvgIpc) is 3.34. The molecule has 0 aliphatic carbocycles. The van der Waals surface area contributed by atoms with Gasteiger partial charge in [-0.15, -0.1) is 0 Å². The van der Waals surface area contributed by atoms with Crippen molar-refractivity contribution in [3.05, 3.63) is 54.4 Å². The van der Waals surface area contributed by atoms with E-state index in [0.717, 1.165) is 0 Å². The van der Waals surface area contributed by atoms with E-state index in [2.05, 4.69) is 20.5 Å². The summed E-state index contributed by atoms with van der Waals surface area (Å²) >= 11 is 0. The fraction of sp³-hybridized carbons (Fsp3) is 0.273. The molecule has 0 atom stereocenters. The number of carboxylic acids is 1. The number of aromatic nitrogens is 3. The standard InChI is InChI=1S/C22H24N4O6/c1-30-20-14-15(32-12-3-11-31-13-9-21(27)28)6-7-18(20)25-22(29)19-5-2-4-16(24-19)17-8-10-23-26-17/h2,4-8,10,14H,3,9,11-13H2,1H3,(H,23,26)(H,25,29)(H,27,28). The third kappa shape index (κ3) is 6.54. The van der Waals surface area contributed by atoms with E-state index >= 15 is 0 Å². The molecule has 2 aromatic heterocycles. The minimum Gasteiger partial charge on any atom is -0.494 e. The van der Waals surface area contributed by atoms with E-state index in [-0.39, 0.29) is 24.6 Å². The average molecular weight is 440 g/mol. The quantitative estimate of drug-likeness (QED) is 0.366. The summed E-state index contributed by atoms with van der Waals surface area (Å²) in [5, 5.41) is 18.1. The summed E-state index contributed by atoms with van der Waals surface area (Å²) in [5.74, 6) is -0.248. The second kappa shape index (κ2) is 11.5. The van der Waals surface area contributed by atoms with Crippen molar-refractivity contribution in [3.8, 4) is 22.9 Å². The number of hydrogen-bond donors (Lipinski definition) is 3. The van der Waals surface area contributed by atoms with Crippen molar-refractivity contribution in [2.75, 3.05) is 32.2 Å². The molecule has 0 aliphatic rings. The van der Waals surface area contributed by atoms with Gasteiger partial charge in [0.15, 0.2) is 0 Å². The van der Waals surface area contributed by atoms with Crippen LogP contribution in [0.5, 0.6) is 11.5 Å². The Morgan fingerprint density at radius 1 is 1.12 bits per heavy atom. The molecule has 0 radical (unpaired) electrons. The van der Waals surface area contributed by atoms with E-state index in [4.69, 9.17) is 19.3 Å². The highest BCUT2D eigenvalue weighted by Crippen LogP contribution is 2.29. The Morgan fingerprint density at radius 2 is 2.00 bits per heavy atom. The molecule has 10 nitrogen and oxygen atoms in total. The van der Waals surface area contributed by atoms with Gasteiger partial charge in [-0.3, -0.25) is 14.7 Å². The molecule has 3 rings (SSSR count). The Kier molecular flexibility index (Phi) is 8.15. The smallest absolute Gasteiger partial charge is 0.305 e. The molecule has 168 valence electrons. The largest absolute Gasteiger partial charge is 0.494 e. The Morgan fingerprint density at radius 3 is 2.75 bits per heavy atom. The molecule has 0 aliphatic heterocycles. The first-order valence-electron chi connectivity index (χ1n) is 9.95. The minimum absolute atomic E-state index is 0.0196. The van der Waals surface area contributed by atoms with Gasteiger partial charge >= 0.3 is 5.97 Å². The molecule has 1 amide bonds. The van der Waals surface area contributed by atoms with Gasteiger partial charge in [0.05, 0.1) is 43.8 Å². The molecule has 0 unspecified atom stereocenters. The molecule has 2 heterocycles. The number of aliphatic carboxylic acids is 1. The number of rotatable bonds is 12. The predicted octanol–water partition coefficient (Wildman–Crippen LogP) is 2.99. The zero-order valence-corrected chi connectivity index (χ0v) is 17.5. The number of pyridine rings is 1. The van der Waals surface area contributed by atoms with Crippen LogP contribution >= 0.6 is 0 Å². The number of anilines is 1. The molecule has 32 heavy (non-hydrogen) atoms. The molecule has 0 saturated heterocycles. The molecule has 0 fully saturated rings. The fourth-order valence-corrected chi connectivity index (χ4v) is 2.77. The minimum atomic E-state index is -0.887. The van der Waals surface area contributed by atoms with Crippen LogP contribution in [-0.2, 0) is 9.53 Å². The van der Waals surface area contributed by atoms with Gasteiger partial charge in [-0.05, 0) is 30.3 Å². The maximum atomic E-state index is 12.7. The fourth-order valence-electron chi connectivity index (χ4n) is 2.77. The lowest BCUT2D eigenvalue weighted by Gasteiger charge is -2.13. The van der Waals surface area contributed by atoms with E-state index in [9.17, 15) is 9.59 Å². The normalized spacial score (nSPS) is 10.5. The molecule has 10 heteroatoms. The number of carbonyl (C=O) groups is 2. The topological polar surface area (TPSA) is 136 Å². The number of carboxylic acid groups (broad SMARTS) is 1. The Labute approximate surface area is 184 Å². The van der Waals surface area contributed by atoms with E-state index in [0.29, 0.717) is 48.2 Å². The van der Waals surface area contributed by atoms with E-state index < -0.39 is 5.97 Å². The third-order valence-corrected chi connectivity index (χ3v) is 4.34. The van der Waals surface area contributed by atoms with Crippen LogP contribution in [0.4, 0.5) is 5.69 Å². The number of H-pyrrole nitrogens is 1. The molecule has 0 saturated carbocycles. The van der Waals surface area contributed by atoms with Crippen LogP contribution in [0.2, 0.25) is 0 Å². The molecule has 0 spiro atoms. The van der Waals surface area contributed by atoms with Crippen molar-refractivity contribution in [1.82, 2.24) is 15.2 Å². The summed E-state index contributed by atoms with van der Waals surface area (Å²) in [6, 6.07) is 12.0. The number of benzene rings is 1. The van der Waals surface area contributed by atoms with Gasteiger partial charge in [-0.2, -0.15) is 5.10 Å². The van der Waals surface area contributed by atoms with Crippen molar-refractivity contribution in [2.24, 2.45) is 0 Å². The van der Waals surface area contributed by atoms with Gasteiger partial charge in [-0.25, -0.2) is 4.98 Å². The number of methoxy groups -OCH3 is 1. The van der Waals surface area contributed by atoms with Gasteiger partial charge in [0.1, 0.15) is 17.2 Å². The number of ether oxygens (including phenoxy) is 3. The third-order valence-electron chi connectivity index (χ3n) is 4.34. The summed E-state index contributed by atoms with van der Waals surface area (Å²) in [4.78, 5) is 27.5. The van der Waals surface area contributed by atoms with Crippen LogP contribution in [0.15, 0.2) is 48.7 Å².